The lowest BCUT2D eigenvalue weighted by Crippen LogP contribution is -2.54. The van der Waals surface area contributed by atoms with Gasteiger partial charge in [0.1, 0.15) is 5.82 Å². The van der Waals surface area contributed by atoms with Crippen LogP contribution in [0.4, 0.5) is 14.9 Å². The molecule has 1 saturated heterocycles. The van der Waals surface area contributed by atoms with Gasteiger partial charge in [-0.15, -0.1) is 0 Å². The van der Waals surface area contributed by atoms with Gasteiger partial charge in [-0.25, -0.2) is 9.18 Å². The van der Waals surface area contributed by atoms with Crippen LogP contribution in [0.25, 0.3) is 0 Å². The Labute approximate surface area is 120 Å². The molecular formula is C14H14FN3O3. The maximum Gasteiger partial charge on any atom is 0.321 e. The van der Waals surface area contributed by atoms with Crippen molar-refractivity contribution in [3.8, 4) is 6.07 Å². The maximum atomic E-state index is 13.6. The Morgan fingerprint density at radius 3 is 2.71 bits per heavy atom. The largest absolute Gasteiger partial charge is 0.481 e. The first-order valence-electron chi connectivity index (χ1n) is 6.40. The van der Waals surface area contributed by atoms with E-state index in [1.165, 1.54) is 17.0 Å². The average molecular weight is 291 g/mol. The molecule has 0 aliphatic carbocycles. The van der Waals surface area contributed by atoms with Crippen LogP contribution >= 0.6 is 0 Å². The van der Waals surface area contributed by atoms with Gasteiger partial charge in [-0.2, -0.15) is 5.26 Å². The van der Waals surface area contributed by atoms with Gasteiger partial charge in [0.05, 0.1) is 23.2 Å². The molecule has 2 N–H and O–H groups in total. The van der Waals surface area contributed by atoms with Crippen LogP contribution in [0, 0.1) is 29.0 Å². The van der Waals surface area contributed by atoms with Crippen molar-refractivity contribution in [2.45, 2.75) is 6.92 Å². The Morgan fingerprint density at radius 1 is 1.52 bits per heavy atom. The molecule has 1 fully saturated rings. The number of halogens is 1. The summed E-state index contributed by atoms with van der Waals surface area (Å²) in [5.74, 6) is -2.17. The van der Waals surface area contributed by atoms with Gasteiger partial charge >= 0.3 is 12.0 Å². The highest BCUT2D eigenvalue weighted by Crippen LogP contribution is 2.25. The fraction of sp³-hybridized carbons (Fsp3) is 0.357. The molecule has 1 aliphatic rings. The van der Waals surface area contributed by atoms with E-state index in [-0.39, 0.29) is 17.2 Å². The highest BCUT2D eigenvalue weighted by Gasteiger charge is 2.37. The highest BCUT2D eigenvalue weighted by atomic mass is 19.1. The van der Waals surface area contributed by atoms with Crippen molar-refractivity contribution in [2.24, 2.45) is 11.8 Å². The number of nitrogens with one attached hydrogen (secondary N) is 1. The van der Waals surface area contributed by atoms with Crippen molar-refractivity contribution in [1.82, 2.24) is 4.90 Å². The monoisotopic (exact) mass is 291 g/mol. The number of carboxylic acids is 1. The van der Waals surface area contributed by atoms with Gasteiger partial charge in [0, 0.05) is 19.0 Å². The molecule has 110 valence electrons. The summed E-state index contributed by atoms with van der Waals surface area (Å²) < 4.78 is 13.6. The summed E-state index contributed by atoms with van der Waals surface area (Å²) in [6.45, 7) is 2.26. The zero-order chi connectivity index (χ0) is 15.6. The van der Waals surface area contributed by atoms with Crippen molar-refractivity contribution in [1.29, 1.82) is 5.26 Å². The molecule has 21 heavy (non-hydrogen) atoms. The fourth-order valence-electron chi connectivity index (χ4n) is 2.08. The van der Waals surface area contributed by atoms with Crippen LogP contribution in [0.2, 0.25) is 0 Å². The number of carbonyl (C=O) groups is 2. The number of hydrogen-bond donors (Lipinski definition) is 2. The summed E-state index contributed by atoms with van der Waals surface area (Å²) in [5, 5.41) is 19.9. The topological polar surface area (TPSA) is 93.4 Å². The Bertz CT molecular complexity index is 620. The molecule has 1 aromatic rings. The number of benzene rings is 1. The van der Waals surface area contributed by atoms with Crippen molar-refractivity contribution >= 4 is 17.7 Å². The predicted octanol–water partition coefficient (Wildman–Crippen LogP) is 1.88. The summed E-state index contributed by atoms with van der Waals surface area (Å²) in [5.41, 5.74) is 0.165. The molecular weight excluding hydrogens is 277 g/mol. The third-order valence-electron chi connectivity index (χ3n) is 3.63. The minimum atomic E-state index is -0.891. The van der Waals surface area contributed by atoms with Gasteiger partial charge in [0.25, 0.3) is 0 Å². The van der Waals surface area contributed by atoms with Crippen molar-refractivity contribution in [3.05, 3.63) is 29.6 Å². The number of anilines is 1. The van der Waals surface area contributed by atoms with Crippen LogP contribution in [-0.2, 0) is 4.79 Å². The van der Waals surface area contributed by atoms with E-state index < -0.39 is 23.7 Å². The highest BCUT2D eigenvalue weighted by molar-refractivity contribution is 5.90. The Balaban J connectivity index is 1.92. The molecule has 0 bridgehead atoms. The van der Waals surface area contributed by atoms with E-state index in [1.54, 1.807) is 13.0 Å². The van der Waals surface area contributed by atoms with Gasteiger partial charge in [-0.1, -0.05) is 6.92 Å². The lowest BCUT2D eigenvalue weighted by Gasteiger charge is -2.41. The zero-order valence-corrected chi connectivity index (χ0v) is 11.3. The normalized spacial score (nSPS) is 15.8. The number of carboxylic acid groups (broad SMARTS) is 1. The van der Waals surface area contributed by atoms with E-state index in [4.69, 9.17) is 10.4 Å². The van der Waals surface area contributed by atoms with Gasteiger partial charge < -0.3 is 15.3 Å². The Hall–Kier alpha value is -2.62. The molecule has 6 nitrogen and oxygen atoms in total. The molecule has 0 aromatic heterocycles. The van der Waals surface area contributed by atoms with E-state index in [0.717, 1.165) is 6.07 Å². The maximum absolute atomic E-state index is 13.6. The number of aliphatic carboxylic acids is 1. The standard InChI is InChI=1S/C14H14FN3O3/c1-8(13(19)20)10-6-18(7-10)14(21)17-12-3-2-9(5-16)4-11(12)15/h2-4,8,10H,6-7H2,1H3,(H,17,21)(H,19,20). The third kappa shape index (κ3) is 3.11. The molecule has 1 atom stereocenters. The van der Waals surface area contributed by atoms with Gasteiger partial charge in [0.2, 0.25) is 0 Å². The van der Waals surface area contributed by atoms with E-state index in [2.05, 4.69) is 5.32 Å². The van der Waals surface area contributed by atoms with Crippen LogP contribution < -0.4 is 5.32 Å². The number of rotatable bonds is 3. The minimum absolute atomic E-state index is 0.00580. The molecule has 0 radical (unpaired) electrons. The first-order valence-corrected chi connectivity index (χ1v) is 6.40. The van der Waals surface area contributed by atoms with Crippen molar-refractivity contribution in [3.63, 3.8) is 0 Å². The third-order valence-corrected chi connectivity index (χ3v) is 3.63. The summed E-state index contributed by atoms with van der Waals surface area (Å²) in [7, 11) is 0. The molecule has 0 saturated carbocycles. The van der Waals surface area contributed by atoms with E-state index in [1.807, 2.05) is 0 Å². The number of nitriles is 1. The molecule has 2 amide bonds. The SMILES string of the molecule is CC(C(=O)O)C1CN(C(=O)Nc2ccc(C#N)cc2F)C1. The molecule has 0 spiro atoms. The fourth-order valence-corrected chi connectivity index (χ4v) is 2.08. The number of carbonyl (C=O) groups excluding carboxylic acids is 1. The first kappa shape index (κ1) is 14.8. The molecule has 2 rings (SSSR count). The van der Waals surface area contributed by atoms with E-state index in [0.29, 0.717) is 13.1 Å². The summed E-state index contributed by atoms with van der Waals surface area (Å²) >= 11 is 0. The molecule has 1 heterocycles. The number of nitrogens with zero attached hydrogens (tertiary/aromatic N) is 2. The van der Waals surface area contributed by atoms with Crippen LogP contribution in [0.1, 0.15) is 12.5 Å². The smallest absolute Gasteiger partial charge is 0.321 e. The molecule has 1 aliphatic heterocycles. The van der Waals surface area contributed by atoms with Crippen molar-refractivity contribution in [2.75, 3.05) is 18.4 Å². The van der Waals surface area contributed by atoms with Crippen LogP contribution in [-0.4, -0.2) is 35.1 Å². The number of hydrogen-bond acceptors (Lipinski definition) is 3. The van der Waals surface area contributed by atoms with Gasteiger partial charge in [0.15, 0.2) is 0 Å². The molecule has 1 aromatic carbocycles. The molecule has 1 unspecified atom stereocenters. The van der Waals surface area contributed by atoms with Crippen LogP contribution in [0.5, 0.6) is 0 Å². The summed E-state index contributed by atoms with van der Waals surface area (Å²) in [6, 6.07) is 5.10. The quantitative estimate of drug-likeness (QED) is 0.889. The van der Waals surface area contributed by atoms with Crippen LogP contribution in [0.15, 0.2) is 18.2 Å². The zero-order valence-electron chi connectivity index (χ0n) is 11.3. The second kappa shape index (κ2) is 5.79. The second-order valence-electron chi connectivity index (χ2n) is 5.03. The lowest BCUT2D eigenvalue weighted by molar-refractivity contribution is -0.144. The lowest BCUT2D eigenvalue weighted by atomic mass is 9.87. The van der Waals surface area contributed by atoms with Gasteiger partial charge in [-0.3, -0.25) is 4.79 Å². The number of urea groups is 1. The Morgan fingerprint density at radius 2 is 2.19 bits per heavy atom. The van der Waals surface area contributed by atoms with Crippen molar-refractivity contribution < 1.29 is 19.1 Å². The molecule has 7 heteroatoms. The van der Waals surface area contributed by atoms with E-state index in [9.17, 15) is 14.0 Å². The second-order valence-corrected chi connectivity index (χ2v) is 5.03. The average Bonchev–Trinajstić information content (AvgIpc) is 2.39. The Kier molecular flexibility index (Phi) is 4.08. The minimum Gasteiger partial charge on any atom is -0.481 e. The number of amides is 2. The van der Waals surface area contributed by atoms with E-state index >= 15 is 0 Å². The van der Waals surface area contributed by atoms with Crippen LogP contribution in [0.3, 0.4) is 0 Å². The number of likely N-dealkylation sites (tertiary alicyclic amines) is 1. The summed E-state index contributed by atoms with van der Waals surface area (Å²) in [6.07, 6.45) is 0. The summed E-state index contributed by atoms with van der Waals surface area (Å²) in [4.78, 5) is 24.1. The first-order chi connectivity index (χ1) is 9.92. The predicted molar refractivity (Wildman–Crippen MR) is 72.0 cm³/mol. The van der Waals surface area contributed by atoms with Gasteiger partial charge in [-0.05, 0) is 18.2 Å².